The Labute approximate surface area is 135 Å². The topological polar surface area (TPSA) is 33.2 Å². The van der Waals surface area contributed by atoms with Crippen LogP contribution in [0.3, 0.4) is 0 Å². The Morgan fingerprint density at radius 3 is 2.48 bits per heavy atom. The van der Waals surface area contributed by atoms with E-state index < -0.39 is 0 Å². The summed E-state index contributed by atoms with van der Waals surface area (Å²) in [5.41, 5.74) is 3.59. The molecule has 1 aliphatic rings. The Morgan fingerprint density at radius 2 is 1.74 bits per heavy atom. The summed E-state index contributed by atoms with van der Waals surface area (Å²) in [5.74, 6) is 0.532. The third-order valence-corrected chi connectivity index (χ3v) is 4.41. The van der Waals surface area contributed by atoms with Crippen LogP contribution in [0.2, 0.25) is 0 Å². The minimum absolute atomic E-state index is 0.0108. The Balaban J connectivity index is 1.82. The molecule has 0 atom stereocenters. The fraction of sp³-hybridized carbons (Fsp3) is 0.200. The first kappa shape index (κ1) is 13.9. The Kier molecular flexibility index (Phi) is 3.34. The highest BCUT2D eigenvalue weighted by Crippen LogP contribution is 2.40. The molecule has 1 aliphatic carbocycles. The van der Waals surface area contributed by atoms with E-state index in [1.807, 2.05) is 67.7 Å². The lowest BCUT2D eigenvalue weighted by Crippen LogP contribution is -2.26. The molecule has 0 radical (unpaired) electrons. The lowest BCUT2D eigenvalue weighted by Gasteiger charge is -2.19. The van der Waals surface area contributed by atoms with E-state index in [-0.39, 0.29) is 5.91 Å². The summed E-state index contributed by atoms with van der Waals surface area (Å²) in [6, 6.07) is 19.6. The summed E-state index contributed by atoms with van der Waals surface area (Å²) < 4.78 is 0. The van der Waals surface area contributed by atoms with E-state index in [1.165, 1.54) is 12.8 Å². The Morgan fingerprint density at radius 1 is 1.04 bits per heavy atom. The van der Waals surface area contributed by atoms with Crippen molar-refractivity contribution in [1.82, 2.24) is 4.98 Å². The van der Waals surface area contributed by atoms with Crippen LogP contribution < -0.4 is 4.90 Å². The zero-order valence-electron chi connectivity index (χ0n) is 13.1. The lowest BCUT2D eigenvalue weighted by atomic mass is 10.0. The largest absolute Gasteiger partial charge is 0.311 e. The van der Waals surface area contributed by atoms with Gasteiger partial charge < -0.3 is 4.90 Å². The van der Waals surface area contributed by atoms with Gasteiger partial charge in [-0.25, -0.2) is 0 Å². The number of pyridine rings is 1. The number of hydrogen-bond acceptors (Lipinski definition) is 2. The minimum Gasteiger partial charge on any atom is -0.311 e. The first-order valence-corrected chi connectivity index (χ1v) is 7.97. The molecular weight excluding hydrogens is 284 g/mol. The van der Waals surface area contributed by atoms with Gasteiger partial charge in [-0.2, -0.15) is 0 Å². The standard InChI is InChI=1S/C20H18N2O/c1-22(15-7-3-2-4-8-15)20(23)17-13-19(14-11-12-14)21-18-10-6-5-9-16(17)18/h2-10,13-14H,11-12H2,1H3. The van der Waals surface area contributed by atoms with Crippen molar-refractivity contribution >= 4 is 22.5 Å². The highest BCUT2D eigenvalue weighted by Gasteiger charge is 2.27. The van der Waals surface area contributed by atoms with Gasteiger partial charge in [0.1, 0.15) is 0 Å². The number of para-hydroxylation sites is 2. The van der Waals surface area contributed by atoms with Gasteiger partial charge in [0, 0.05) is 29.7 Å². The summed E-state index contributed by atoms with van der Waals surface area (Å²) in [4.78, 5) is 19.5. The normalized spacial score (nSPS) is 14.0. The van der Waals surface area contributed by atoms with Crippen molar-refractivity contribution in [1.29, 1.82) is 0 Å². The van der Waals surface area contributed by atoms with E-state index in [1.54, 1.807) is 4.90 Å². The quantitative estimate of drug-likeness (QED) is 0.719. The van der Waals surface area contributed by atoms with Gasteiger partial charge >= 0.3 is 0 Å². The molecule has 0 aliphatic heterocycles. The van der Waals surface area contributed by atoms with Crippen molar-refractivity contribution < 1.29 is 4.79 Å². The van der Waals surface area contributed by atoms with Crippen molar-refractivity contribution in [3.63, 3.8) is 0 Å². The van der Waals surface area contributed by atoms with Gasteiger partial charge in [-0.1, -0.05) is 36.4 Å². The molecular formula is C20H18N2O. The van der Waals surface area contributed by atoms with Gasteiger partial charge in [0.2, 0.25) is 0 Å². The maximum atomic E-state index is 13.1. The summed E-state index contributed by atoms with van der Waals surface area (Å²) in [6.45, 7) is 0. The number of benzene rings is 2. The molecule has 0 saturated heterocycles. The van der Waals surface area contributed by atoms with Gasteiger partial charge in [-0.3, -0.25) is 9.78 Å². The maximum Gasteiger partial charge on any atom is 0.258 e. The van der Waals surface area contributed by atoms with Crippen LogP contribution in [0.4, 0.5) is 5.69 Å². The Hall–Kier alpha value is -2.68. The van der Waals surface area contributed by atoms with Crippen LogP contribution in [0.25, 0.3) is 10.9 Å². The van der Waals surface area contributed by atoms with Gasteiger partial charge in [0.05, 0.1) is 11.1 Å². The molecule has 1 heterocycles. The number of aromatic nitrogens is 1. The fourth-order valence-electron chi connectivity index (χ4n) is 2.91. The van der Waals surface area contributed by atoms with Crippen LogP contribution in [-0.2, 0) is 0 Å². The second kappa shape index (κ2) is 5.51. The number of fused-ring (bicyclic) bond motifs is 1. The number of nitrogens with zero attached hydrogens (tertiary/aromatic N) is 2. The molecule has 1 fully saturated rings. The van der Waals surface area contributed by atoms with E-state index in [0.29, 0.717) is 5.92 Å². The molecule has 1 aromatic heterocycles. The summed E-state index contributed by atoms with van der Waals surface area (Å²) in [7, 11) is 1.82. The van der Waals surface area contributed by atoms with Crippen molar-refractivity contribution in [3.8, 4) is 0 Å². The zero-order chi connectivity index (χ0) is 15.8. The maximum absolute atomic E-state index is 13.1. The summed E-state index contributed by atoms with van der Waals surface area (Å²) in [6.07, 6.45) is 2.35. The first-order valence-electron chi connectivity index (χ1n) is 7.97. The van der Waals surface area contributed by atoms with Crippen molar-refractivity contribution in [2.75, 3.05) is 11.9 Å². The van der Waals surface area contributed by atoms with Gasteiger partial charge in [0.15, 0.2) is 0 Å². The predicted octanol–water partition coefficient (Wildman–Crippen LogP) is 4.39. The molecule has 0 N–H and O–H groups in total. The molecule has 114 valence electrons. The zero-order valence-corrected chi connectivity index (χ0v) is 13.1. The fourth-order valence-corrected chi connectivity index (χ4v) is 2.91. The van der Waals surface area contributed by atoms with Crippen molar-refractivity contribution in [3.05, 3.63) is 71.9 Å². The summed E-state index contributed by atoms with van der Waals surface area (Å²) >= 11 is 0. The number of amides is 1. The monoisotopic (exact) mass is 302 g/mol. The smallest absolute Gasteiger partial charge is 0.258 e. The second-order valence-corrected chi connectivity index (χ2v) is 6.09. The number of hydrogen-bond donors (Lipinski definition) is 0. The van der Waals surface area contributed by atoms with Gasteiger partial charge in [-0.15, -0.1) is 0 Å². The molecule has 0 spiro atoms. The van der Waals surface area contributed by atoms with Crippen molar-refractivity contribution in [2.24, 2.45) is 0 Å². The van der Waals surface area contributed by atoms with Gasteiger partial charge in [-0.05, 0) is 37.1 Å². The number of anilines is 1. The van der Waals surface area contributed by atoms with Crippen LogP contribution >= 0.6 is 0 Å². The third kappa shape index (κ3) is 2.59. The summed E-state index contributed by atoms with van der Waals surface area (Å²) in [5, 5.41) is 0.921. The number of carbonyl (C=O) groups excluding carboxylic acids is 1. The Bertz CT molecular complexity index is 869. The molecule has 1 saturated carbocycles. The molecule has 2 aromatic carbocycles. The predicted molar refractivity (Wildman–Crippen MR) is 92.9 cm³/mol. The molecule has 23 heavy (non-hydrogen) atoms. The third-order valence-electron chi connectivity index (χ3n) is 4.41. The van der Waals surface area contributed by atoms with Crippen molar-refractivity contribution in [2.45, 2.75) is 18.8 Å². The van der Waals surface area contributed by atoms with Crippen LogP contribution in [0, 0.1) is 0 Å². The molecule has 0 unspecified atom stereocenters. The number of carbonyl (C=O) groups is 1. The van der Waals surface area contributed by atoms with E-state index in [0.717, 1.165) is 27.8 Å². The average Bonchev–Trinajstić information content (AvgIpc) is 3.45. The molecule has 1 amide bonds. The van der Waals surface area contributed by atoms with Crippen LogP contribution in [-0.4, -0.2) is 17.9 Å². The molecule has 3 heteroatoms. The second-order valence-electron chi connectivity index (χ2n) is 6.09. The lowest BCUT2D eigenvalue weighted by molar-refractivity contribution is 0.0994. The highest BCUT2D eigenvalue weighted by molar-refractivity contribution is 6.13. The minimum atomic E-state index is 0.0108. The molecule has 0 bridgehead atoms. The van der Waals surface area contributed by atoms with E-state index in [9.17, 15) is 4.79 Å². The number of rotatable bonds is 3. The van der Waals surface area contributed by atoms with Crippen LogP contribution in [0.15, 0.2) is 60.7 Å². The average molecular weight is 302 g/mol. The van der Waals surface area contributed by atoms with E-state index >= 15 is 0 Å². The SMILES string of the molecule is CN(C(=O)c1cc(C2CC2)nc2ccccc12)c1ccccc1. The van der Waals surface area contributed by atoms with E-state index in [2.05, 4.69) is 0 Å². The van der Waals surface area contributed by atoms with E-state index in [4.69, 9.17) is 4.98 Å². The molecule has 3 aromatic rings. The van der Waals surface area contributed by atoms with Crippen LogP contribution in [0.1, 0.15) is 34.8 Å². The molecule has 3 nitrogen and oxygen atoms in total. The van der Waals surface area contributed by atoms with Crippen LogP contribution in [0.5, 0.6) is 0 Å². The van der Waals surface area contributed by atoms with Gasteiger partial charge in [0.25, 0.3) is 5.91 Å². The highest BCUT2D eigenvalue weighted by atomic mass is 16.2. The first-order chi connectivity index (χ1) is 11.2. The molecule has 4 rings (SSSR count).